The lowest BCUT2D eigenvalue weighted by molar-refractivity contribution is 0.121. The molecule has 1 fully saturated rings. The molecule has 0 bridgehead atoms. The molecule has 3 heteroatoms. The lowest BCUT2D eigenvalue weighted by atomic mass is 9.92. The average molecular weight is 127 g/mol. The van der Waals surface area contributed by atoms with E-state index in [0.717, 1.165) is 25.7 Å². The van der Waals surface area contributed by atoms with Crippen LogP contribution in [0.3, 0.4) is 0 Å². The van der Waals surface area contributed by atoms with Crippen LogP contribution in [-0.2, 0) is 0 Å². The topological polar surface area (TPSA) is 32.3 Å². The van der Waals surface area contributed by atoms with Gasteiger partial charge in [-0.05, 0) is 31.7 Å². The first-order valence-corrected chi connectivity index (χ1v) is 3.68. The van der Waals surface area contributed by atoms with Crippen LogP contribution in [0.15, 0.2) is 0 Å². The molecule has 0 aromatic carbocycles. The van der Waals surface area contributed by atoms with Gasteiger partial charge in [-0.1, -0.05) is 0 Å². The second-order valence-corrected chi connectivity index (χ2v) is 2.79. The summed E-state index contributed by atoms with van der Waals surface area (Å²) in [5, 5.41) is 12.3. The standard InChI is InChI=1S/C6H14BNO/c7-8-5-1-3-6(9)4-2-5/h5-6,8-9H,1-4,7H2/t5-,6-. The number of aliphatic hydroxyl groups is 1. The molecule has 2 nitrogen and oxygen atoms in total. The predicted octanol–water partition coefficient (Wildman–Crippen LogP) is -0.572. The van der Waals surface area contributed by atoms with Crippen LogP contribution < -0.4 is 5.23 Å². The zero-order chi connectivity index (χ0) is 6.69. The highest BCUT2D eigenvalue weighted by Crippen LogP contribution is 2.17. The van der Waals surface area contributed by atoms with Crippen LogP contribution in [-0.4, -0.2) is 25.2 Å². The van der Waals surface area contributed by atoms with Gasteiger partial charge < -0.3 is 10.3 Å². The summed E-state index contributed by atoms with van der Waals surface area (Å²) in [6.07, 6.45) is 4.21. The van der Waals surface area contributed by atoms with Crippen molar-refractivity contribution in [3.63, 3.8) is 0 Å². The number of hydrogen-bond acceptors (Lipinski definition) is 2. The van der Waals surface area contributed by atoms with Gasteiger partial charge in [0.05, 0.1) is 6.10 Å². The quantitative estimate of drug-likeness (QED) is 0.462. The zero-order valence-electron chi connectivity index (χ0n) is 5.93. The monoisotopic (exact) mass is 127 g/mol. The van der Waals surface area contributed by atoms with E-state index in [9.17, 15) is 0 Å². The van der Waals surface area contributed by atoms with E-state index in [0.29, 0.717) is 6.04 Å². The first-order chi connectivity index (χ1) is 4.33. The van der Waals surface area contributed by atoms with Gasteiger partial charge in [-0.3, -0.25) is 0 Å². The largest absolute Gasteiger partial charge is 0.393 e. The number of hydrogen-bond donors (Lipinski definition) is 2. The number of nitrogens with one attached hydrogen (secondary N) is 1. The van der Waals surface area contributed by atoms with E-state index < -0.39 is 0 Å². The molecule has 1 aliphatic carbocycles. The van der Waals surface area contributed by atoms with Crippen molar-refractivity contribution in [2.75, 3.05) is 0 Å². The fourth-order valence-electron chi connectivity index (χ4n) is 1.36. The molecule has 2 N–H and O–H groups in total. The smallest absolute Gasteiger partial charge is 0.182 e. The molecule has 0 atom stereocenters. The molecule has 0 amide bonds. The van der Waals surface area contributed by atoms with Gasteiger partial charge in [0, 0.05) is 0 Å². The molecular weight excluding hydrogens is 113 g/mol. The van der Waals surface area contributed by atoms with Crippen molar-refractivity contribution in [1.29, 1.82) is 0 Å². The van der Waals surface area contributed by atoms with E-state index in [1.165, 1.54) is 0 Å². The van der Waals surface area contributed by atoms with Crippen molar-refractivity contribution in [2.45, 2.75) is 37.8 Å². The van der Waals surface area contributed by atoms with Gasteiger partial charge in [0.2, 0.25) is 0 Å². The summed E-state index contributed by atoms with van der Waals surface area (Å²) < 4.78 is 0. The van der Waals surface area contributed by atoms with E-state index in [1.807, 2.05) is 7.98 Å². The molecule has 0 saturated heterocycles. The third-order valence-electron chi connectivity index (χ3n) is 2.10. The summed E-state index contributed by atoms with van der Waals surface area (Å²) in [4.78, 5) is 0. The highest BCUT2D eigenvalue weighted by Gasteiger charge is 2.16. The molecule has 1 rings (SSSR count). The van der Waals surface area contributed by atoms with Gasteiger partial charge in [-0.2, -0.15) is 0 Å². The summed E-state index contributed by atoms with van der Waals surface area (Å²) in [7, 11) is 1.99. The molecular formula is C6H14BNO. The number of rotatable bonds is 1. The third kappa shape index (κ3) is 1.99. The Bertz CT molecular complexity index is 81.1. The Morgan fingerprint density at radius 2 is 1.78 bits per heavy atom. The highest BCUT2D eigenvalue weighted by molar-refractivity contribution is 6.04. The molecule has 0 unspecified atom stereocenters. The highest BCUT2D eigenvalue weighted by atomic mass is 16.3. The molecule has 1 saturated carbocycles. The fourth-order valence-corrected chi connectivity index (χ4v) is 1.36. The van der Waals surface area contributed by atoms with Crippen molar-refractivity contribution in [3.05, 3.63) is 0 Å². The first-order valence-electron chi connectivity index (χ1n) is 3.68. The SMILES string of the molecule is BN[C@H]1CC[C@H](O)CC1. The molecule has 0 aromatic heterocycles. The maximum Gasteiger partial charge on any atom is 0.182 e. The maximum absolute atomic E-state index is 9.09. The van der Waals surface area contributed by atoms with Gasteiger partial charge in [0.1, 0.15) is 0 Å². The van der Waals surface area contributed by atoms with Crippen molar-refractivity contribution >= 4 is 7.98 Å². The van der Waals surface area contributed by atoms with Gasteiger partial charge in [0.25, 0.3) is 0 Å². The summed E-state index contributed by atoms with van der Waals surface area (Å²) in [6, 6.07) is 0.661. The fraction of sp³-hybridized carbons (Fsp3) is 1.00. The third-order valence-corrected chi connectivity index (χ3v) is 2.10. The Balaban J connectivity index is 2.18. The van der Waals surface area contributed by atoms with Crippen LogP contribution >= 0.6 is 0 Å². The Morgan fingerprint density at radius 1 is 1.22 bits per heavy atom. The summed E-state index contributed by atoms with van der Waals surface area (Å²) in [5.74, 6) is 0. The summed E-state index contributed by atoms with van der Waals surface area (Å²) in [5.41, 5.74) is 0. The predicted molar refractivity (Wildman–Crippen MR) is 39.9 cm³/mol. The van der Waals surface area contributed by atoms with Gasteiger partial charge in [-0.15, -0.1) is 0 Å². The minimum atomic E-state index is -0.0189. The molecule has 0 aliphatic heterocycles. The minimum absolute atomic E-state index is 0.0189. The van der Waals surface area contributed by atoms with Crippen LogP contribution in [0.1, 0.15) is 25.7 Å². The molecule has 0 heterocycles. The first kappa shape index (κ1) is 7.10. The number of aliphatic hydroxyl groups excluding tert-OH is 1. The summed E-state index contributed by atoms with van der Waals surface area (Å²) >= 11 is 0. The second-order valence-electron chi connectivity index (χ2n) is 2.79. The maximum atomic E-state index is 9.09. The van der Waals surface area contributed by atoms with E-state index in [2.05, 4.69) is 5.23 Å². The van der Waals surface area contributed by atoms with E-state index in [4.69, 9.17) is 5.11 Å². The van der Waals surface area contributed by atoms with Crippen molar-refractivity contribution in [1.82, 2.24) is 5.23 Å². The van der Waals surface area contributed by atoms with Crippen molar-refractivity contribution in [3.8, 4) is 0 Å². The molecule has 0 spiro atoms. The Kier molecular flexibility index (Phi) is 2.55. The van der Waals surface area contributed by atoms with Crippen LogP contribution in [0.2, 0.25) is 0 Å². The van der Waals surface area contributed by atoms with Crippen LogP contribution in [0, 0.1) is 0 Å². The lowest BCUT2D eigenvalue weighted by Gasteiger charge is -2.24. The minimum Gasteiger partial charge on any atom is -0.393 e. The Hall–Kier alpha value is -0.0151. The van der Waals surface area contributed by atoms with E-state index in [1.54, 1.807) is 0 Å². The molecule has 0 radical (unpaired) electrons. The molecule has 1 aliphatic rings. The Labute approximate surface area is 57.1 Å². The zero-order valence-corrected chi connectivity index (χ0v) is 5.93. The second kappa shape index (κ2) is 3.23. The van der Waals surface area contributed by atoms with Gasteiger partial charge >= 0.3 is 0 Å². The van der Waals surface area contributed by atoms with Crippen LogP contribution in [0.4, 0.5) is 0 Å². The van der Waals surface area contributed by atoms with Crippen molar-refractivity contribution in [2.24, 2.45) is 0 Å². The van der Waals surface area contributed by atoms with Crippen LogP contribution in [0.5, 0.6) is 0 Å². The van der Waals surface area contributed by atoms with E-state index in [-0.39, 0.29) is 6.10 Å². The van der Waals surface area contributed by atoms with Gasteiger partial charge in [-0.25, -0.2) is 0 Å². The summed E-state index contributed by atoms with van der Waals surface area (Å²) in [6.45, 7) is 0. The molecule has 0 aromatic rings. The van der Waals surface area contributed by atoms with Crippen molar-refractivity contribution < 1.29 is 5.11 Å². The molecule has 9 heavy (non-hydrogen) atoms. The average Bonchev–Trinajstić information content (AvgIpc) is 1.90. The van der Waals surface area contributed by atoms with Gasteiger partial charge in [0.15, 0.2) is 7.98 Å². The van der Waals surface area contributed by atoms with E-state index >= 15 is 0 Å². The van der Waals surface area contributed by atoms with Crippen LogP contribution in [0.25, 0.3) is 0 Å². The Morgan fingerprint density at radius 3 is 2.22 bits per heavy atom. The lowest BCUT2D eigenvalue weighted by Crippen LogP contribution is -2.32. The normalized spacial score (nSPS) is 36.6. The molecule has 52 valence electrons.